The summed E-state index contributed by atoms with van der Waals surface area (Å²) in [7, 11) is 0. The molecule has 4 heteroatoms. The highest BCUT2D eigenvalue weighted by Crippen LogP contribution is 2.30. The van der Waals surface area contributed by atoms with E-state index >= 15 is 0 Å². The zero-order chi connectivity index (χ0) is 14.7. The average molecular weight is 288 g/mol. The first-order valence-electron chi connectivity index (χ1n) is 8.02. The van der Waals surface area contributed by atoms with E-state index in [0.717, 1.165) is 38.8 Å². The van der Waals surface area contributed by atoms with Gasteiger partial charge in [-0.05, 0) is 43.7 Å². The molecule has 1 aromatic rings. The molecule has 1 N–H and O–H groups in total. The maximum atomic E-state index is 12.5. The third-order valence-corrected chi connectivity index (χ3v) is 4.55. The number of nitrogens with zero attached hydrogens (tertiary/aromatic N) is 1. The van der Waals surface area contributed by atoms with Crippen molar-refractivity contribution in [3.63, 3.8) is 0 Å². The Morgan fingerprint density at radius 2 is 2.24 bits per heavy atom. The number of rotatable bonds is 4. The van der Waals surface area contributed by atoms with E-state index < -0.39 is 0 Å². The highest BCUT2D eigenvalue weighted by molar-refractivity contribution is 5.75. The molecule has 0 aromatic heterocycles. The number of amides is 2. The quantitative estimate of drug-likeness (QED) is 0.925. The van der Waals surface area contributed by atoms with Crippen LogP contribution in [0.5, 0.6) is 0 Å². The van der Waals surface area contributed by atoms with Crippen molar-refractivity contribution >= 4 is 6.03 Å². The number of carbonyl (C=O) groups excluding carboxylic acids is 1. The second-order valence-corrected chi connectivity index (χ2v) is 5.91. The number of hydrogen-bond donors (Lipinski definition) is 1. The van der Waals surface area contributed by atoms with Gasteiger partial charge in [-0.3, -0.25) is 0 Å². The van der Waals surface area contributed by atoms with E-state index in [2.05, 4.69) is 23.5 Å². The molecule has 114 valence electrons. The first-order valence-corrected chi connectivity index (χ1v) is 8.02. The van der Waals surface area contributed by atoms with E-state index in [0.29, 0.717) is 6.54 Å². The minimum atomic E-state index is 0.0368. The maximum absolute atomic E-state index is 12.5. The van der Waals surface area contributed by atoms with Crippen LogP contribution in [0.3, 0.4) is 0 Å². The molecule has 0 radical (unpaired) electrons. The fourth-order valence-electron chi connectivity index (χ4n) is 3.34. The van der Waals surface area contributed by atoms with Crippen LogP contribution in [0.15, 0.2) is 24.3 Å². The molecule has 1 saturated heterocycles. The lowest BCUT2D eigenvalue weighted by Gasteiger charge is -2.26. The molecule has 1 aromatic carbocycles. The number of aryl methyl sites for hydroxylation is 1. The molecule has 4 nitrogen and oxygen atoms in total. The van der Waals surface area contributed by atoms with E-state index in [4.69, 9.17) is 4.74 Å². The predicted octanol–water partition coefficient (Wildman–Crippen LogP) is 2.88. The standard InChI is InChI=1S/C17H24N2O2/c1-2-19(12-14-7-5-11-21-14)17(20)18-16-10-9-13-6-3-4-8-15(13)16/h3-4,6,8,14,16H,2,5,7,9-12H2,1H3,(H,18,20)/t14-,16+/m1/s1. The lowest BCUT2D eigenvalue weighted by Crippen LogP contribution is -2.44. The van der Waals surface area contributed by atoms with Crippen molar-refractivity contribution in [3.05, 3.63) is 35.4 Å². The molecule has 0 saturated carbocycles. The summed E-state index contributed by atoms with van der Waals surface area (Å²) in [6.45, 7) is 4.29. The Bertz CT molecular complexity index is 497. The predicted molar refractivity (Wildman–Crippen MR) is 82.3 cm³/mol. The molecule has 2 atom stereocenters. The Hall–Kier alpha value is -1.55. The van der Waals surface area contributed by atoms with Crippen LogP contribution in [0, 0.1) is 0 Å². The molecule has 0 unspecified atom stereocenters. The molecule has 2 aliphatic rings. The van der Waals surface area contributed by atoms with Crippen molar-refractivity contribution in [2.75, 3.05) is 19.7 Å². The molecule has 0 bridgehead atoms. The van der Waals surface area contributed by atoms with Gasteiger partial charge in [-0.1, -0.05) is 24.3 Å². The highest BCUT2D eigenvalue weighted by atomic mass is 16.5. The second kappa shape index (κ2) is 6.48. The second-order valence-electron chi connectivity index (χ2n) is 5.91. The van der Waals surface area contributed by atoms with Crippen LogP contribution in [0.25, 0.3) is 0 Å². The van der Waals surface area contributed by atoms with Crippen LogP contribution in [0.2, 0.25) is 0 Å². The molecule has 0 spiro atoms. The lowest BCUT2D eigenvalue weighted by molar-refractivity contribution is 0.0821. The van der Waals surface area contributed by atoms with Gasteiger partial charge in [0.15, 0.2) is 0 Å². The number of fused-ring (bicyclic) bond motifs is 1. The summed E-state index contributed by atoms with van der Waals surface area (Å²) in [6.07, 6.45) is 4.45. The first kappa shape index (κ1) is 14.4. The molecule has 21 heavy (non-hydrogen) atoms. The molecule has 3 rings (SSSR count). The average Bonchev–Trinajstić information content (AvgIpc) is 3.15. The largest absolute Gasteiger partial charge is 0.376 e. The molecule has 1 heterocycles. The number of hydrogen-bond acceptors (Lipinski definition) is 2. The van der Waals surface area contributed by atoms with Gasteiger partial charge in [0.05, 0.1) is 12.1 Å². The summed E-state index contributed by atoms with van der Waals surface area (Å²) in [4.78, 5) is 14.4. The smallest absolute Gasteiger partial charge is 0.317 e. The van der Waals surface area contributed by atoms with Gasteiger partial charge in [0.1, 0.15) is 0 Å². The third-order valence-electron chi connectivity index (χ3n) is 4.55. The van der Waals surface area contributed by atoms with Gasteiger partial charge in [-0.25, -0.2) is 4.79 Å². The Morgan fingerprint density at radius 3 is 3.00 bits per heavy atom. The van der Waals surface area contributed by atoms with E-state index in [1.165, 1.54) is 11.1 Å². The van der Waals surface area contributed by atoms with Crippen LogP contribution in [-0.4, -0.2) is 36.7 Å². The summed E-state index contributed by atoms with van der Waals surface area (Å²) >= 11 is 0. The van der Waals surface area contributed by atoms with Crippen molar-refractivity contribution in [2.24, 2.45) is 0 Å². The van der Waals surface area contributed by atoms with Crippen LogP contribution in [-0.2, 0) is 11.2 Å². The van der Waals surface area contributed by atoms with Crippen molar-refractivity contribution in [1.82, 2.24) is 10.2 Å². The van der Waals surface area contributed by atoms with Crippen molar-refractivity contribution < 1.29 is 9.53 Å². The van der Waals surface area contributed by atoms with Crippen molar-refractivity contribution in [1.29, 1.82) is 0 Å². The van der Waals surface area contributed by atoms with Crippen LogP contribution < -0.4 is 5.32 Å². The Kier molecular flexibility index (Phi) is 4.44. The van der Waals surface area contributed by atoms with E-state index in [1.807, 2.05) is 17.9 Å². The van der Waals surface area contributed by atoms with Crippen LogP contribution >= 0.6 is 0 Å². The van der Waals surface area contributed by atoms with Gasteiger partial charge < -0.3 is 15.0 Å². The fraction of sp³-hybridized carbons (Fsp3) is 0.588. The molecule has 1 aliphatic carbocycles. The molecule has 1 fully saturated rings. The monoisotopic (exact) mass is 288 g/mol. The minimum Gasteiger partial charge on any atom is -0.376 e. The first-order chi connectivity index (χ1) is 10.3. The van der Waals surface area contributed by atoms with Gasteiger partial charge in [0.2, 0.25) is 0 Å². The van der Waals surface area contributed by atoms with Crippen molar-refractivity contribution in [2.45, 2.75) is 44.8 Å². The number of nitrogens with one attached hydrogen (secondary N) is 1. The summed E-state index contributed by atoms with van der Waals surface area (Å²) in [5, 5.41) is 3.19. The summed E-state index contributed by atoms with van der Waals surface area (Å²) in [5.41, 5.74) is 2.64. The van der Waals surface area contributed by atoms with E-state index in [9.17, 15) is 4.79 Å². The van der Waals surface area contributed by atoms with Gasteiger partial charge in [0, 0.05) is 19.7 Å². The number of likely N-dealkylation sites (N-methyl/N-ethyl adjacent to an activating group) is 1. The summed E-state index contributed by atoms with van der Waals surface area (Å²) < 4.78 is 5.64. The summed E-state index contributed by atoms with van der Waals surface area (Å²) in [5.74, 6) is 0. The number of carbonyl (C=O) groups is 1. The molecule has 2 amide bonds. The Labute approximate surface area is 126 Å². The van der Waals surface area contributed by atoms with E-state index in [1.54, 1.807) is 0 Å². The molecular weight excluding hydrogens is 264 g/mol. The fourth-order valence-corrected chi connectivity index (χ4v) is 3.34. The number of benzene rings is 1. The zero-order valence-electron chi connectivity index (χ0n) is 12.7. The van der Waals surface area contributed by atoms with Crippen LogP contribution in [0.4, 0.5) is 4.79 Å². The number of urea groups is 1. The van der Waals surface area contributed by atoms with Crippen LogP contribution in [0.1, 0.15) is 43.4 Å². The highest BCUT2D eigenvalue weighted by Gasteiger charge is 2.26. The summed E-state index contributed by atoms with van der Waals surface area (Å²) in [6, 6.07) is 8.60. The minimum absolute atomic E-state index is 0.0368. The lowest BCUT2D eigenvalue weighted by atomic mass is 10.1. The van der Waals surface area contributed by atoms with E-state index in [-0.39, 0.29) is 18.2 Å². The molecular formula is C17H24N2O2. The topological polar surface area (TPSA) is 41.6 Å². The number of ether oxygens (including phenoxy) is 1. The third kappa shape index (κ3) is 3.21. The Balaban J connectivity index is 1.60. The SMILES string of the molecule is CCN(C[C@H]1CCCO1)C(=O)N[C@H]1CCc2ccccc21. The van der Waals surface area contributed by atoms with Gasteiger partial charge in [-0.2, -0.15) is 0 Å². The van der Waals surface area contributed by atoms with Gasteiger partial charge in [-0.15, -0.1) is 0 Å². The normalized spacial score (nSPS) is 23.9. The zero-order valence-corrected chi connectivity index (χ0v) is 12.7. The van der Waals surface area contributed by atoms with Gasteiger partial charge in [0.25, 0.3) is 0 Å². The Morgan fingerprint density at radius 1 is 1.38 bits per heavy atom. The van der Waals surface area contributed by atoms with Crippen molar-refractivity contribution in [3.8, 4) is 0 Å². The maximum Gasteiger partial charge on any atom is 0.317 e. The van der Waals surface area contributed by atoms with Gasteiger partial charge >= 0.3 is 6.03 Å². The molecule has 1 aliphatic heterocycles.